The molecule has 2 N–H and O–H groups in total. The Kier molecular flexibility index (Phi) is 6.81. The second-order valence-electron chi connectivity index (χ2n) is 6.42. The Morgan fingerprint density at radius 1 is 1.06 bits per heavy atom. The summed E-state index contributed by atoms with van der Waals surface area (Å²) in [4.78, 5) is 12.0. The fraction of sp³-hybridized carbons (Fsp3) is 0.0909. The number of carbonyl (C=O) groups is 1. The number of nitrogens with zero attached hydrogens (tertiary/aromatic N) is 1. The molecule has 3 rings (SSSR count). The van der Waals surface area contributed by atoms with Crippen molar-refractivity contribution in [1.29, 1.82) is 0 Å². The van der Waals surface area contributed by atoms with Crippen LogP contribution in [0.5, 0.6) is 11.5 Å². The number of aromatic hydroxyl groups is 1. The number of phenols is 1. The first-order chi connectivity index (χ1) is 14.7. The van der Waals surface area contributed by atoms with Crippen LogP contribution in [0.25, 0.3) is 0 Å². The monoisotopic (exact) mass is 448 g/mol. The standard InChI is InChI=1S/C22H16ClF3N2O3/c23-19-11-16(5-10-20(19)29)21(30)28-27-12-14-3-8-18(9-4-14)31-13-15-1-6-17(7-2-15)22(24,25)26/h1-12,29H,13H2,(H,28,30)/b27-12+. The van der Waals surface area contributed by atoms with Gasteiger partial charge >= 0.3 is 6.18 Å². The molecule has 0 aliphatic rings. The zero-order chi connectivity index (χ0) is 22.4. The highest BCUT2D eigenvalue weighted by atomic mass is 35.5. The average molecular weight is 449 g/mol. The maximum absolute atomic E-state index is 12.6. The second-order valence-corrected chi connectivity index (χ2v) is 6.82. The van der Waals surface area contributed by atoms with E-state index in [9.17, 15) is 23.1 Å². The second kappa shape index (κ2) is 9.53. The highest BCUT2D eigenvalue weighted by molar-refractivity contribution is 6.32. The van der Waals surface area contributed by atoms with Crippen LogP contribution in [-0.4, -0.2) is 17.2 Å². The van der Waals surface area contributed by atoms with Gasteiger partial charge in [0.25, 0.3) is 5.91 Å². The predicted octanol–water partition coefficient (Wildman–Crippen LogP) is 5.41. The number of phenolic OH excluding ortho intramolecular Hbond substituents is 1. The zero-order valence-corrected chi connectivity index (χ0v) is 16.6. The lowest BCUT2D eigenvalue weighted by Crippen LogP contribution is -2.17. The Bertz CT molecular complexity index is 1080. The number of hydrazone groups is 1. The third kappa shape index (κ3) is 6.23. The van der Waals surface area contributed by atoms with Crippen LogP contribution in [-0.2, 0) is 12.8 Å². The quantitative estimate of drug-likeness (QED) is 0.391. The summed E-state index contributed by atoms with van der Waals surface area (Å²) in [7, 11) is 0. The molecule has 0 radical (unpaired) electrons. The van der Waals surface area contributed by atoms with E-state index in [1.165, 1.54) is 36.5 Å². The van der Waals surface area contributed by atoms with Crippen LogP contribution in [0.4, 0.5) is 13.2 Å². The minimum atomic E-state index is -4.37. The van der Waals surface area contributed by atoms with E-state index in [2.05, 4.69) is 10.5 Å². The SMILES string of the molecule is O=C(N/N=C/c1ccc(OCc2ccc(C(F)(F)F)cc2)cc1)c1ccc(O)c(Cl)c1. The smallest absolute Gasteiger partial charge is 0.416 e. The molecule has 0 spiro atoms. The Labute approximate surface area is 180 Å². The van der Waals surface area contributed by atoms with E-state index in [0.29, 0.717) is 16.9 Å². The van der Waals surface area contributed by atoms with E-state index >= 15 is 0 Å². The normalized spacial score (nSPS) is 11.5. The molecule has 0 atom stereocenters. The Balaban J connectivity index is 1.51. The van der Waals surface area contributed by atoms with Gasteiger partial charge in [0, 0.05) is 5.56 Å². The molecule has 0 bridgehead atoms. The van der Waals surface area contributed by atoms with Crippen LogP contribution in [0.3, 0.4) is 0 Å². The number of carbonyl (C=O) groups excluding carboxylic acids is 1. The summed E-state index contributed by atoms with van der Waals surface area (Å²) in [5.41, 5.74) is 3.18. The number of benzene rings is 3. The molecule has 0 unspecified atom stereocenters. The van der Waals surface area contributed by atoms with Crippen molar-refractivity contribution in [3.8, 4) is 11.5 Å². The summed E-state index contributed by atoms with van der Waals surface area (Å²) in [5, 5.41) is 13.3. The number of amides is 1. The third-order valence-corrected chi connectivity index (χ3v) is 4.46. The summed E-state index contributed by atoms with van der Waals surface area (Å²) in [5.74, 6) is -0.0863. The lowest BCUT2D eigenvalue weighted by Gasteiger charge is -2.09. The van der Waals surface area contributed by atoms with Gasteiger partial charge in [0.2, 0.25) is 0 Å². The molecular formula is C22H16ClF3N2O3. The predicted molar refractivity (Wildman–Crippen MR) is 110 cm³/mol. The molecule has 1 amide bonds. The molecule has 31 heavy (non-hydrogen) atoms. The van der Waals surface area contributed by atoms with Crippen LogP contribution in [0.15, 0.2) is 71.8 Å². The molecule has 0 aliphatic carbocycles. The van der Waals surface area contributed by atoms with Crippen LogP contribution >= 0.6 is 11.6 Å². The first-order valence-corrected chi connectivity index (χ1v) is 9.31. The van der Waals surface area contributed by atoms with Gasteiger partial charge in [-0.3, -0.25) is 4.79 Å². The van der Waals surface area contributed by atoms with Crippen molar-refractivity contribution in [3.63, 3.8) is 0 Å². The number of alkyl halides is 3. The van der Waals surface area contributed by atoms with E-state index in [4.69, 9.17) is 16.3 Å². The zero-order valence-electron chi connectivity index (χ0n) is 15.9. The van der Waals surface area contributed by atoms with Gasteiger partial charge in [0.05, 0.1) is 16.8 Å². The summed E-state index contributed by atoms with van der Waals surface area (Å²) in [6.07, 6.45) is -2.94. The summed E-state index contributed by atoms with van der Waals surface area (Å²) in [6, 6.07) is 15.6. The lowest BCUT2D eigenvalue weighted by molar-refractivity contribution is -0.137. The van der Waals surface area contributed by atoms with Crippen LogP contribution in [0, 0.1) is 0 Å². The van der Waals surface area contributed by atoms with Gasteiger partial charge in [-0.25, -0.2) is 5.43 Å². The van der Waals surface area contributed by atoms with Crippen LogP contribution in [0.1, 0.15) is 27.0 Å². The van der Waals surface area contributed by atoms with Crippen LogP contribution < -0.4 is 10.2 Å². The summed E-state index contributed by atoms with van der Waals surface area (Å²) < 4.78 is 43.3. The maximum atomic E-state index is 12.6. The minimum Gasteiger partial charge on any atom is -0.506 e. The van der Waals surface area contributed by atoms with Gasteiger partial charge < -0.3 is 9.84 Å². The van der Waals surface area contributed by atoms with Crippen molar-refractivity contribution in [1.82, 2.24) is 5.43 Å². The largest absolute Gasteiger partial charge is 0.506 e. The number of ether oxygens (including phenoxy) is 1. The van der Waals surface area contributed by atoms with E-state index in [-0.39, 0.29) is 22.9 Å². The fourth-order valence-electron chi connectivity index (χ4n) is 2.48. The van der Waals surface area contributed by atoms with Gasteiger partial charge in [-0.05, 0) is 65.7 Å². The first kappa shape index (κ1) is 22.2. The highest BCUT2D eigenvalue weighted by Crippen LogP contribution is 2.29. The van der Waals surface area contributed by atoms with Crippen molar-refractivity contribution in [2.75, 3.05) is 0 Å². The number of rotatable bonds is 6. The summed E-state index contributed by atoms with van der Waals surface area (Å²) in [6.45, 7) is 0.122. The molecule has 0 saturated heterocycles. The van der Waals surface area contributed by atoms with Crippen molar-refractivity contribution in [3.05, 3.63) is 94.0 Å². The molecule has 0 fully saturated rings. The molecular weight excluding hydrogens is 433 g/mol. The molecule has 160 valence electrons. The first-order valence-electron chi connectivity index (χ1n) is 8.93. The maximum Gasteiger partial charge on any atom is 0.416 e. The van der Waals surface area contributed by atoms with E-state index in [1.807, 2.05) is 0 Å². The van der Waals surface area contributed by atoms with Crippen molar-refractivity contribution < 1.29 is 27.8 Å². The van der Waals surface area contributed by atoms with E-state index in [0.717, 1.165) is 12.1 Å². The number of nitrogens with one attached hydrogen (secondary N) is 1. The van der Waals surface area contributed by atoms with Crippen molar-refractivity contribution in [2.45, 2.75) is 12.8 Å². The topological polar surface area (TPSA) is 70.9 Å². The van der Waals surface area contributed by atoms with Crippen molar-refractivity contribution in [2.24, 2.45) is 5.10 Å². The average Bonchev–Trinajstić information content (AvgIpc) is 2.74. The van der Waals surface area contributed by atoms with Crippen molar-refractivity contribution >= 4 is 23.7 Å². The fourth-order valence-corrected chi connectivity index (χ4v) is 2.67. The van der Waals surface area contributed by atoms with Gasteiger partial charge in [-0.2, -0.15) is 18.3 Å². The number of hydrogen-bond acceptors (Lipinski definition) is 4. The molecule has 0 saturated carbocycles. The molecule has 0 heterocycles. The lowest BCUT2D eigenvalue weighted by atomic mass is 10.1. The van der Waals surface area contributed by atoms with Crippen LogP contribution in [0.2, 0.25) is 5.02 Å². The van der Waals surface area contributed by atoms with E-state index in [1.54, 1.807) is 24.3 Å². The molecule has 0 aliphatic heterocycles. The molecule has 9 heteroatoms. The Morgan fingerprint density at radius 2 is 1.74 bits per heavy atom. The Morgan fingerprint density at radius 3 is 2.35 bits per heavy atom. The Hall–Kier alpha value is -3.52. The number of hydrogen-bond donors (Lipinski definition) is 2. The highest BCUT2D eigenvalue weighted by Gasteiger charge is 2.29. The third-order valence-electron chi connectivity index (χ3n) is 4.16. The molecule has 3 aromatic rings. The van der Waals surface area contributed by atoms with Gasteiger partial charge in [-0.1, -0.05) is 23.7 Å². The minimum absolute atomic E-state index is 0.0588. The number of halogens is 4. The molecule has 3 aromatic carbocycles. The molecule has 5 nitrogen and oxygen atoms in total. The van der Waals surface area contributed by atoms with Gasteiger partial charge in [0.1, 0.15) is 18.1 Å². The van der Waals surface area contributed by atoms with Gasteiger partial charge in [-0.15, -0.1) is 0 Å². The summed E-state index contributed by atoms with van der Waals surface area (Å²) >= 11 is 5.77. The molecule has 0 aromatic heterocycles. The van der Waals surface area contributed by atoms with Gasteiger partial charge in [0.15, 0.2) is 0 Å². The van der Waals surface area contributed by atoms with E-state index < -0.39 is 17.6 Å².